The summed E-state index contributed by atoms with van der Waals surface area (Å²) >= 11 is 0. The van der Waals surface area contributed by atoms with E-state index in [1.807, 2.05) is 0 Å². The highest BCUT2D eigenvalue weighted by molar-refractivity contribution is 5.16. The van der Waals surface area contributed by atoms with E-state index in [-0.39, 0.29) is 0 Å². The first-order chi connectivity index (χ1) is 10.8. The van der Waals surface area contributed by atoms with Gasteiger partial charge in [0.2, 0.25) is 0 Å². The molecule has 0 nitrogen and oxygen atoms in total. The molecular formula is C10H6F16. The maximum atomic E-state index is 13.2. The molecule has 0 aliphatic rings. The van der Waals surface area contributed by atoms with Crippen LogP contribution in [0.1, 0.15) is 13.8 Å². The van der Waals surface area contributed by atoms with Gasteiger partial charge in [0, 0.05) is 0 Å². The highest BCUT2D eigenvalue weighted by Gasteiger charge is 2.92. The van der Waals surface area contributed by atoms with E-state index < -0.39 is 61.2 Å². The summed E-state index contributed by atoms with van der Waals surface area (Å²) in [5.74, 6) is -31.7. The Kier molecular flexibility index (Phi) is 5.44. The Labute approximate surface area is 133 Å². The Balaban J connectivity index is 6.61. The monoisotopic (exact) mass is 430 g/mol. The van der Waals surface area contributed by atoms with E-state index in [2.05, 4.69) is 0 Å². The van der Waals surface area contributed by atoms with Gasteiger partial charge in [0.25, 0.3) is 11.3 Å². The van der Waals surface area contributed by atoms with E-state index in [0.717, 1.165) is 0 Å². The summed E-state index contributed by atoms with van der Waals surface area (Å²) in [6.07, 6.45) is -14.1. The molecule has 0 radical (unpaired) electrons. The molecule has 0 spiro atoms. The van der Waals surface area contributed by atoms with Gasteiger partial charge in [0.05, 0.1) is 0 Å². The van der Waals surface area contributed by atoms with Crippen LogP contribution in [0.15, 0.2) is 0 Å². The first-order valence-corrected chi connectivity index (χ1v) is 5.77. The van der Waals surface area contributed by atoms with Gasteiger partial charge in [-0.25, -0.2) is 8.78 Å². The second-order valence-electron chi connectivity index (χ2n) is 5.30. The Hall–Kier alpha value is -1.12. The van der Waals surface area contributed by atoms with Crippen molar-refractivity contribution in [3.63, 3.8) is 0 Å². The van der Waals surface area contributed by atoms with Gasteiger partial charge in [-0.3, -0.25) is 0 Å². The fourth-order valence-corrected chi connectivity index (χ4v) is 1.34. The number of halogens is 16. The summed E-state index contributed by atoms with van der Waals surface area (Å²) in [5, 5.41) is 0. The zero-order chi connectivity index (χ0) is 22.0. The lowest BCUT2D eigenvalue weighted by Crippen LogP contribution is -2.74. The minimum atomic E-state index is -8.11. The average Bonchev–Trinajstić information content (AvgIpc) is 2.34. The Morgan fingerprint density at radius 2 is 0.462 bits per heavy atom. The third-order valence-corrected chi connectivity index (χ3v) is 3.43. The summed E-state index contributed by atoms with van der Waals surface area (Å²) in [6, 6.07) is 0. The molecule has 0 amide bonds. The molecule has 0 aliphatic heterocycles. The molecule has 0 aromatic carbocycles. The zero-order valence-electron chi connectivity index (χ0n) is 12.0. The molecule has 0 fully saturated rings. The lowest BCUT2D eigenvalue weighted by Gasteiger charge is -2.44. The van der Waals surface area contributed by atoms with Crippen molar-refractivity contribution in [2.24, 2.45) is 0 Å². The van der Waals surface area contributed by atoms with Gasteiger partial charge in [-0.1, -0.05) is 0 Å². The number of hydrogen-bond donors (Lipinski definition) is 0. The predicted molar refractivity (Wildman–Crippen MR) is 50.9 cm³/mol. The largest absolute Gasteiger partial charge is 0.428 e. The van der Waals surface area contributed by atoms with Crippen LogP contribution in [0.3, 0.4) is 0 Å². The van der Waals surface area contributed by atoms with Gasteiger partial charge in [-0.05, 0) is 13.8 Å². The van der Waals surface area contributed by atoms with Gasteiger partial charge in [-0.15, -0.1) is 0 Å². The van der Waals surface area contributed by atoms with Crippen LogP contribution in [0.25, 0.3) is 0 Å². The summed E-state index contributed by atoms with van der Waals surface area (Å²) in [7, 11) is 0. The molecule has 0 rings (SSSR count). The summed E-state index contributed by atoms with van der Waals surface area (Å²) in [5.41, 5.74) is -13.2. The first kappa shape index (κ1) is 24.9. The van der Waals surface area contributed by atoms with Crippen LogP contribution < -0.4 is 0 Å². The molecule has 16 heteroatoms. The summed E-state index contributed by atoms with van der Waals surface area (Å²) in [4.78, 5) is 0. The minimum Gasteiger partial charge on any atom is -0.227 e. The van der Waals surface area contributed by atoms with Gasteiger partial charge in [0.15, 0.2) is 0 Å². The third-order valence-electron chi connectivity index (χ3n) is 3.43. The van der Waals surface area contributed by atoms with Crippen LogP contribution in [0.4, 0.5) is 70.2 Å². The smallest absolute Gasteiger partial charge is 0.227 e. The van der Waals surface area contributed by atoms with Gasteiger partial charge in [0.1, 0.15) is 0 Å². The lowest BCUT2D eigenvalue weighted by atomic mass is 9.83. The van der Waals surface area contributed by atoms with Crippen LogP contribution >= 0.6 is 0 Å². The van der Waals surface area contributed by atoms with Crippen LogP contribution in [0, 0.1) is 0 Å². The van der Waals surface area contributed by atoms with Crippen molar-refractivity contribution in [2.75, 3.05) is 0 Å². The molecule has 0 aliphatic carbocycles. The first-order valence-electron chi connectivity index (χ1n) is 5.77. The maximum absolute atomic E-state index is 13.2. The minimum absolute atomic E-state index is 1.44. The quantitative estimate of drug-likeness (QED) is 0.462. The molecule has 26 heavy (non-hydrogen) atoms. The molecule has 0 aromatic heterocycles. The second-order valence-corrected chi connectivity index (χ2v) is 5.30. The van der Waals surface area contributed by atoms with Gasteiger partial charge < -0.3 is 0 Å². The predicted octanol–water partition coefficient (Wildman–Crippen LogP) is 6.11. The van der Waals surface area contributed by atoms with Crippen LogP contribution in [-0.4, -0.2) is 47.4 Å². The molecule has 0 N–H and O–H groups in total. The molecule has 2 unspecified atom stereocenters. The van der Waals surface area contributed by atoms with Crippen LogP contribution in [-0.2, 0) is 0 Å². The van der Waals surface area contributed by atoms with E-state index in [1.165, 1.54) is 0 Å². The van der Waals surface area contributed by atoms with Crippen molar-refractivity contribution < 1.29 is 70.2 Å². The van der Waals surface area contributed by atoms with Crippen LogP contribution in [0.2, 0.25) is 0 Å². The molecular weight excluding hydrogens is 424 g/mol. The van der Waals surface area contributed by atoms with E-state index in [0.29, 0.717) is 0 Å². The van der Waals surface area contributed by atoms with E-state index in [4.69, 9.17) is 0 Å². The maximum Gasteiger partial charge on any atom is 0.428 e. The lowest BCUT2D eigenvalue weighted by molar-refractivity contribution is -0.436. The van der Waals surface area contributed by atoms with Crippen molar-refractivity contribution in [1.29, 1.82) is 0 Å². The second kappa shape index (κ2) is 5.69. The Morgan fingerprint density at radius 3 is 0.577 bits per heavy atom. The van der Waals surface area contributed by atoms with Crippen LogP contribution in [0.5, 0.6) is 0 Å². The van der Waals surface area contributed by atoms with Crippen molar-refractivity contribution >= 4 is 0 Å². The molecule has 0 aromatic rings. The summed E-state index contributed by atoms with van der Waals surface area (Å²) < 4.78 is 204. The molecule has 0 heterocycles. The zero-order valence-corrected chi connectivity index (χ0v) is 12.0. The van der Waals surface area contributed by atoms with Gasteiger partial charge >= 0.3 is 36.0 Å². The van der Waals surface area contributed by atoms with E-state index >= 15 is 0 Å². The van der Waals surface area contributed by atoms with E-state index in [9.17, 15) is 70.2 Å². The SMILES string of the molecule is CC(F)(C(F)(F)F)C(F)(F)C(F)(F)C(F)(F)C(F)(F)C(C)(F)C(F)(F)F. The van der Waals surface area contributed by atoms with Crippen molar-refractivity contribution in [3.8, 4) is 0 Å². The van der Waals surface area contributed by atoms with Crippen molar-refractivity contribution in [1.82, 2.24) is 0 Å². The fraction of sp³-hybridized carbons (Fsp3) is 1.00. The fourth-order valence-electron chi connectivity index (χ4n) is 1.34. The third kappa shape index (κ3) is 2.86. The normalized spacial score (nSPS) is 20.5. The van der Waals surface area contributed by atoms with Crippen molar-refractivity contribution in [3.05, 3.63) is 0 Å². The van der Waals surface area contributed by atoms with Gasteiger partial charge in [-0.2, -0.15) is 61.5 Å². The molecule has 0 bridgehead atoms. The Bertz CT molecular complexity index is 470. The topological polar surface area (TPSA) is 0 Å². The average molecular weight is 430 g/mol. The van der Waals surface area contributed by atoms with Crippen molar-refractivity contribution in [2.45, 2.75) is 61.2 Å². The number of rotatable bonds is 5. The summed E-state index contributed by atoms with van der Waals surface area (Å²) in [6.45, 7) is -2.87. The molecule has 158 valence electrons. The highest BCUT2D eigenvalue weighted by Crippen LogP contribution is 2.63. The standard InChI is InChI=1S/C10H6F16/c1-3(11,9(21,22)23)5(13,14)7(17,18)8(19,20)6(15,16)4(2,12)10(24,25)26/h1-2H3. The molecule has 0 saturated heterocycles. The Morgan fingerprint density at radius 1 is 0.308 bits per heavy atom. The number of alkyl halides is 16. The molecule has 0 saturated carbocycles. The molecule has 2 atom stereocenters. The van der Waals surface area contributed by atoms with E-state index in [1.54, 1.807) is 0 Å². The number of hydrogen-bond acceptors (Lipinski definition) is 0. The highest BCUT2D eigenvalue weighted by atomic mass is 19.4.